The van der Waals surface area contributed by atoms with E-state index < -0.39 is 0 Å². The van der Waals surface area contributed by atoms with E-state index in [1.54, 1.807) is 18.2 Å². The van der Waals surface area contributed by atoms with Gasteiger partial charge in [-0.15, -0.1) is 0 Å². The number of phenols is 1. The lowest BCUT2D eigenvalue weighted by molar-refractivity contribution is 0.112. The normalized spacial score (nSPS) is 10.6. The second-order valence-electron chi connectivity index (χ2n) is 3.71. The van der Waals surface area contributed by atoms with Crippen LogP contribution in [0.2, 0.25) is 0 Å². The molecule has 0 aromatic heterocycles. The molecule has 84 valence electrons. The van der Waals surface area contributed by atoms with Crippen LogP contribution < -0.4 is 0 Å². The summed E-state index contributed by atoms with van der Waals surface area (Å²) in [6.45, 7) is 0. The zero-order valence-electron chi connectivity index (χ0n) is 9.21. The van der Waals surface area contributed by atoms with Crippen molar-refractivity contribution >= 4 is 18.4 Å². The van der Waals surface area contributed by atoms with E-state index in [0.29, 0.717) is 5.56 Å². The minimum absolute atomic E-state index is 0.255. The predicted molar refractivity (Wildman–Crippen MR) is 68.9 cm³/mol. The summed E-state index contributed by atoms with van der Waals surface area (Å²) in [6.07, 6.45) is 4.70. The van der Waals surface area contributed by atoms with E-state index in [1.807, 2.05) is 42.5 Å². The lowest BCUT2D eigenvalue weighted by Crippen LogP contribution is -1.79. The van der Waals surface area contributed by atoms with Gasteiger partial charge in [-0.1, -0.05) is 42.5 Å². The van der Waals surface area contributed by atoms with Crippen LogP contribution in [0.1, 0.15) is 21.5 Å². The molecule has 0 bridgehead atoms. The van der Waals surface area contributed by atoms with Crippen LogP contribution in [0.25, 0.3) is 12.2 Å². The van der Waals surface area contributed by atoms with E-state index in [2.05, 4.69) is 0 Å². The highest BCUT2D eigenvalue weighted by Crippen LogP contribution is 2.13. The maximum atomic E-state index is 10.6. The van der Waals surface area contributed by atoms with Gasteiger partial charge in [0, 0.05) is 5.56 Å². The summed E-state index contributed by atoms with van der Waals surface area (Å²) in [5, 5.41) is 9.15. The van der Waals surface area contributed by atoms with Gasteiger partial charge in [0.05, 0.1) is 0 Å². The Labute approximate surface area is 99.8 Å². The lowest BCUT2D eigenvalue weighted by atomic mass is 10.1. The number of aldehydes is 1. The zero-order chi connectivity index (χ0) is 12.1. The Kier molecular flexibility index (Phi) is 3.36. The van der Waals surface area contributed by atoms with Crippen molar-refractivity contribution in [1.82, 2.24) is 0 Å². The predicted octanol–water partition coefficient (Wildman–Crippen LogP) is 3.38. The van der Waals surface area contributed by atoms with E-state index in [-0.39, 0.29) is 5.75 Å². The molecule has 0 saturated carbocycles. The molecule has 0 spiro atoms. The monoisotopic (exact) mass is 224 g/mol. The van der Waals surface area contributed by atoms with Crippen LogP contribution in [-0.2, 0) is 0 Å². The summed E-state index contributed by atoms with van der Waals surface area (Å²) < 4.78 is 0. The summed E-state index contributed by atoms with van der Waals surface area (Å²) in [7, 11) is 0. The van der Waals surface area contributed by atoms with Crippen LogP contribution in [-0.4, -0.2) is 11.4 Å². The molecule has 1 N–H and O–H groups in total. The smallest absolute Gasteiger partial charge is 0.150 e. The molecule has 2 nitrogen and oxygen atoms in total. The molecule has 0 amide bonds. The Morgan fingerprint density at radius 1 is 0.824 bits per heavy atom. The van der Waals surface area contributed by atoms with Gasteiger partial charge in [0.15, 0.2) is 0 Å². The first-order chi connectivity index (χ1) is 8.28. The van der Waals surface area contributed by atoms with Gasteiger partial charge < -0.3 is 5.11 Å². The summed E-state index contributed by atoms with van der Waals surface area (Å²) in [6, 6.07) is 14.3. The molecular formula is C15H12O2. The lowest BCUT2D eigenvalue weighted by Gasteiger charge is -1.96. The molecule has 2 aromatic rings. The maximum absolute atomic E-state index is 10.6. The van der Waals surface area contributed by atoms with Crippen molar-refractivity contribution in [2.24, 2.45) is 0 Å². The molecule has 0 aliphatic heterocycles. The van der Waals surface area contributed by atoms with Gasteiger partial charge in [0.2, 0.25) is 0 Å². The van der Waals surface area contributed by atoms with E-state index in [4.69, 9.17) is 5.11 Å². The summed E-state index contributed by atoms with van der Waals surface area (Å²) in [5.74, 6) is 0.255. The van der Waals surface area contributed by atoms with Crippen molar-refractivity contribution in [2.45, 2.75) is 0 Å². The highest BCUT2D eigenvalue weighted by atomic mass is 16.3. The first-order valence-electron chi connectivity index (χ1n) is 5.30. The number of hydrogen-bond acceptors (Lipinski definition) is 2. The van der Waals surface area contributed by atoms with E-state index >= 15 is 0 Å². The van der Waals surface area contributed by atoms with Crippen molar-refractivity contribution in [1.29, 1.82) is 0 Å². The van der Waals surface area contributed by atoms with Crippen molar-refractivity contribution in [2.75, 3.05) is 0 Å². The first kappa shape index (κ1) is 11.1. The van der Waals surface area contributed by atoms with Gasteiger partial charge in [0.1, 0.15) is 12.0 Å². The van der Waals surface area contributed by atoms with Crippen LogP contribution in [0.4, 0.5) is 0 Å². The number of benzene rings is 2. The minimum atomic E-state index is 0.255. The van der Waals surface area contributed by atoms with Gasteiger partial charge in [-0.05, 0) is 29.3 Å². The fourth-order valence-electron chi connectivity index (χ4n) is 1.51. The molecule has 17 heavy (non-hydrogen) atoms. The van der Waals surface area contributed by atoms with Gasteiger partial charge in [0.25, 0.3) is 0 Å². The average molecular weight is 224 g/mol. The Hall–Kier alpha value is -2.35. The Bertz CT molecular complexity index is 539. The van der Waals surface area contributed by atoms with Crippen molar-refractivity contribution in [3.63, 3.8) is 0 Å². The fraction of sp³-hybridized carbons (Fsp3) is 0. The van der Waals surface area contributed by atoms with Gasteiger partial charge >= 0.3 is 0 Å². The molecule has 0 radical (unpaired) electrons. The quantitative estimate of drug-likeness (QED) is 0.641. The molecule has 0 aliphatic carbocycles. The van der Waals surface area contributed by atoms with Crippen LogP contribution in [0, 0.1) is 0 Å². The molecule has 0 aliphatic rings. The molecule has 0 heterocycles. The second-order valence-corrected chi connectivity index (χ2v) is 3.71. The highest BCUT2D eigenvalue weighted by molar-refractivity contribution is 5.78. The van der Waals surface area contributed by atoms with E-state index in [0.717, 1.165) is 17.4 Å². The van der Waals surface area contributed by atoms with Gasteiger partial charge in [-0.2, -0.15) is 0 Å². The van der Waals surface area contributed by atoms with Crippen molar-refractivity contribution in [3.05, 3.63) is 65.2 Å². The van der Waals surface area contributed by atoms with Crippen LogP contribution in [0.5, 0.6) is 5.75 Å². The zero-order valence-corrected chi connectivity index (χ0v) is 9.21. The molecule has 0 fully saturated rings. The Balaban J connectivity index is 2.19. The van der Waals surface area contributed by atoms with Crippen LogP contribution >= 0.6 is 0 Å². The number of phenolic OH excluding ortho intramolecular Hbond substituents is 1. The third-order valence-corrected chi connectivity index (χ3v) is 2.41. The molecule has 0 saturated heterocycles. The fourth-order valence-corrected chi connectivity index (χ4v) is 1.51. The Morgan fingerprint density at radius 2 is 1.47 bits per heavy atom. The number of hydrogen-bond donors (Lipinski definition) is 1. The molecular weight excluding hydrogens is 212 g/mol. The second kappa shape index (κ2) is 5.12. The number of rotatable bonds is 3. The summed E-state index contributed by atoms with van der Waals surface area (Å²) >= 11 is 0. The van der Waals surface area contributed by atoms with Crippen molar-refractivity contribution in [3.8, 4) is 5.75 Å². The molecule has 0 atom stereocenters. The molecule has 2 aromatic carbocycles. The third kappa shape index (κ3) is 3.05. The van der Waals surface area contributed by atoms with Crippen LogP contribution in [0.3, 0.4) is 0 Å². The Morgan fingerprint density at radius 3 is 2.18 bits per heavy atom. The topological polar surface area (TPSA) is 37.3 Å². The third-order valence-electron chi connectivity index (χ3n) is 2.41. The maximum Gasteiger partial charge on any atom is 0.150 e. The molecule has 2 heteroatoms. The summed E-state index contributed by atoms with van der Waals surface area (Å²) in [4.78, 5) is 10.6. The van der Waals surface area contributed by atoms with E-state index in [9.17, 15) is 4.79 Å². The molecule has 2 rings (SSSR count). The number of carbonyl (C=O) groups is 1. The van der Waals surface area contributed by atoms with E-state index in [1.165, 1.54) is 0 Å². The number of carbonyl (C=O) groups excluding carboxylic acids is 1. The van der Waals surface area contributed by atoms with Crippen molar-refractivity contribution < 1.29 is 9.90 Å². The average Bonchev–Trinajstić information content (AvgIpc) is 2.38. The SMILES string of the molecule is O=Cc1cccc(/C=C/c2ccc(O)cc2)c1. The van der Waals surface area contributed by atoms with Gasteiger partial charge in [-0.3, -0.25) is 4.79 Å². The molecule has 0 unspecified atom stereocenters. The summed E-state index contributed by atoms with van der Waals surface area (Å²) in [5.41, 5.74) is 2.64. The first-order valence-corrected chi connectivity index (χ1v) is 5.30. The standard InChI is InChI=1S/C15H12O2/c16-11-14-3-1-2-13(10-14)5-4-12-6-8-15(17)9-7-12/h1-11,17H/b5-4+. The minimum Gasteiger partial charge on any atom is -0.508 e. The highest BCUT2D eigenvalue weighted by Gasteiger charge is 1.92. The van der Waals surface area contributed by atoms with Crippen LogP contribution in [0.15, 0.2) is 48.5 Å². The number of aromatic hydroxyl groups is 1. The van der Waals surface area contributed by atoms with Gasteiger partial charge in [-0.25, -0.2) is 0 Å². The largest absolute Gasteiger partial charge is 0.508 e.